The molecular weight excluding hydrogens is 238 g/mol. The SMILES string of the molecule is CCC(C)C(N)C(=O)Nc1ccc2[nH]c(C)cc2c1. The molecule has 2 unspecified atom stereocenters. The van der Waals surface area contributed by atoms with Crippen LogP contribution in [0.15, 0.2) is 24.3 Å². The van der Waals surface area contributed by atoms with Gasteiger partial charge in [-0.3, -0.25) is 4.79 Å². The lowest BCUT2D eigenvalue weighted by Gasteiger charge is -2.17. The third-order valence-electron chi connectivity index (χ3n) is 3.58. The fourth-order valence-electron chi connectivity index (χ4n) is 2.09. The number of H-pyrrole nitrogens is 1. The fraction of sp³-hybridized carbons (Fsp3) is 0.400. The van der Waals surface area contributed by atoms with Gasteiger partial charge in [0, 0.05) is 22.3 Å². The molecule has 0 saturated heterocycles. The lowest BCUT2D eigenvalue weighted by molar-refractivity contribution is -0.118. The number of hydrogen-bond donors (Lipinski definition) is 3. The van der Waals surface area contributed by atoms with E-state index in [1.54, 1.807) is 0 Å². The van der Waals surface area contributed by atoms with Crippen LogP contribution in [0.3, 0.4) is 0 Å². The average molecular weight is 259 g/mol. The minimum atomic E-state index is -0.464. The van der Waals surface area contributed by atoms with Gasteiger partial charge in [0.25, 0.3) is 0 Å². The molecule has 19 heavy (non-hydrogen) atoms. The van der Waals surface area contributed by atoms with E-state index in [9.17, 15) is 4.79 Å². The number of nitrogens with one attached hydrogen (secondary N) is 2. The summed E-state index contributed by atoms with van der Waals surface area (Å²) in [6, 6.07) is 7.40. The van der Waals surface area contributed by atoms with Crippen molar-refractivity contribution in [2.75, 3.05) is 5.32 Å². The van der Waals surface area contributed by atoms with E-state index in [2.05, 4.69) is 16.4 Å². The first kappa shape index (κ1) is 13.6. The second kappa shape index (κ2) is 5.45. The second-order valence-electron chi connectivity index (χ2n) is 5.15. The van der Waals surface area contributed by atoms with E-state index in [1.807, 2.05) is 39.0 Å². The Morgan fingerprint density at radius 2 is 2.16 bits per heavy atom. The zero-order valence-corrected chi connectivity index (χ0v) is 11.7. The van der Waals surface area contributed by atoms with E-state index in [0.29, 0.717) is 0 Å². The van der Waals surface area contributed by atoms with Gasteiger partial charge in [0.2, 0.25) is 5.91 Å². The normalized spacial score (nSPS) is 14.3. The molecule has 0 radical (unpaired) electrons. The molecule has 1 amide bonds. The van der Waals surface area contributed by atoms with Crippen LogP contribution < -0.4 is 11.1 Å². The van der Waals surface area contributed by atoms with Crippen LogP contribution in [0.25, 0.3) is 10.9 Å². The third kappa shape index (κ3) is 2.96. The van der Waals surface area contributed by atoms with E-state index in [-0.39, 0.29) is 11.8 Å². The van der Waals surface area contributed by atoms with E-state index >= 15 is 0 Å². The Labute approximate surface area is 113 Å². The van der Waals surface area contributed by atoms with Crippen molar-refractivity contribution in [3.8, 4) is 0 Å². The van der Waals surface area contributed by atoms with Crippen molar-refractivity contribution >= 4 is 22.5 Å². The summed E-state index contributed by atoms with van der Waals surface area (Å²) in [5.74, 6) is 0.0548. The van der Waals surface area contributed by atoms with E-state index in [1.165, 1.54) is 0 Å². The van der Waals surface area contributed by atoms with Gasteiger partial charge in [0.1, 0.15) is 0 Å². The van der Waals surface area contributed by atoms with Crippen molar-refractivity contribution in [1.29, 1.82) is 0 Å². The number of nitrogens with two attached hydrogens (primary N) is 1. The Balaban J connectivity index is 2.14. The summed E-state index contributed by atoms with van der Waals surface area (Å²) in [6.07, 6.45) is 0.893. The molecule has 0 aliphatic carbocycles. The summed E-state index contributed by atoms with van der Waals surface area (Å²) < 4.78 is 0. The van der Waals surface area contributed by atoms with E-state index < -0.39 is 6.04 Å². The van der Waals surface area contributed by atoms with Gasteiger partial charge in [-0.1, -0.05) is 20.3 Å². The molecular formula is C15H21N3O. The van der Waals surface area contributed by atoms with Crippen molar-refractivity contribution in [1.82, 2.24) is 4.98 Å². The third-order valence-corrected chi connectivity index (χ3v) is 3.58. The van der Waals surface area contributed by atoms with Crippen LogP contribution in [0.2, 0.25) is 0 Å². The van der Waals surface area contributed by atoms with Gasteiger partial charge >= 0.3 is 0 Å². The number of aromatic amines is 1. The molecule has 0 saturated carbocycles. The number of amides is 1. The average Bonchev–Trinajstić information content (AvgIpc) is 2.76. The molecule has 0 aliphatic rings. The Kier molecular flexibility index (Phi) is 3.90. The van der Waals surface area contributed by atoms with Crippen molar-refractivity contribution in [3.05, 3.63) is 30.0 Å². The Morgan fingerprint density at radius 3 is 2.84 bits per heavy atom. The number of fused-ring (bicyclic) bond motifs is 1. The van der Waals surface area contributed by atoms with Crippen molar-refractivity contribution in [3.63, 3.8) is 0 Å². The molecule has 2 aromatic rings. The van der Waals surface area contributed by atoms with Crippen molar-refractivity contribution in [2.45, 2.75) is 33.2 Å². The molecule has 4 heteroatoms. The number of carbonyl (C=O) groups is 1. The lowest BCUT2D eigenvalue weighted by atomic mass is 9.99. The van der Waals surface area contributed by atoms with Crippen LogP contribution in [0.1, 0.15) is 26.0 Å². The van der Waals surface area contributed by atoms with Crippen LogP contribution in [0.5, 0.6) is 0 Å². The maximum absolute atomic E-state index is 12.0. The molecule has 1 heterocycles. The Hall–Kier alpha value is -1.81. The molecule has 4 N–H and O–H groups in total. The van der Waals surface area contributed by atoms with Crippen LogP contribution >= 0.6 is 0 Å². The molecule has 4 nitrogen and oxygen atoms in total. The van der Waals surface area contributed by atoms with Crippen LogP contribution in [0.4, 0.5) is 5.69 Å². The molecule has 1 aromatic heterocycles. The molecule has 102 valence electrons. The molecule has 2 atom stereocenters. The second-order valence-corrected chi connectivity index (χ2v) is 5.15. The smallest absolute Gasteiger partial charge is 0.241 e. The first-order valence-electron chi connectivity index (χ1n) is 6.67. The topological polar surface area (TPSA) is 70.9 Å². The summed E-state index contributed by atoms with van der Waals surface area (Å²) in [6.45, 7) is 6.03. The zero-order valence-electron chi connectivity index (χ0n) is 11.7. The van der Waals surface area contributed by atoms with E-state index in [4.69, 9.17) is 5.73 Å². The first-order chi connectivity index (χ1) is 9.01. The van der Waals surface area contributed by atoms with Gasteiger partial charge in [-0.15, -0.1) is 0 Å². The van der Waals surface area contributed by atoms with Gasteiger partial charge in [-0.2, -0.15) is 0 Å². The summed E-state index contributed by atoms with van der Waals surface area (Å²) in [5, 5.41) is 3.97. The number of rotatable bonds is 4. The number of hydrogen-bond acceptors (Lipinski definition) is 2. The first-order valence-corrected chi connectivity index (χ1v) is 6.67. The lowest BCUT2D eigenvalue weighted by Crippen LogP contribution is -2.40. The summed E-state index contributed by atoms with van der Waals surface area (Å²) in [4.78, 5) is 15.3. The molecule has 1 aromatic carbocycles. The van der Waals surface area contributed by atoms with Crippen molar-refractivity contribution in [2.24, 2.45) is 11.7 Å². The van der Waals surface area contributed by atoms with Crippen molar-refractivity contribution < 1.29 is 4.79 Å². The predicted molar refractivity (Wildman–Crippen MR) is 79.1 cm³/mol. The molecule has 0 bridgehead atoms. The molecule has 0 aliphatic heterocycles. The maximum Gasteiger partial charge on any atom is 0.241 e. The van der Waals surface area contributed by atoms with E-state index in [0.717, 1.165) is 28.7 Å². The fourth-order valence-corrected chi connectivity index (χ4v) is 2.09. The molecule has 0 fully saturated rings. The zero-order chi connectivity index (χ0) is 14.0. The number of aryl methyl sites for hydroxylation is 1. The quantitative estimate of drug-likeness (QED) is 0.790. The van der Waals surface area contributed by atoms with Gasteiger partial charge in [-0.05, 0) is 37.1 Å². The molecule has 0 spiro atoms. The van der Waals surface area contributed by atoms with Gasteiger partial charge < -0.3 is 16.0 Å². The Morgan fingerprint density at radius 1 is 1.42 bits per heavy atom. The number of carbonyl (C=O) groups excluding carboxylic acids is 1. The summed E-state index contributed by atoms with van der Waals surface area (Å²) in [7, 11) is 0. The minimum absolute atomic E-state index is 0.124. The number of benzene rings is 1. The summed E-state index contributed by atoms with van der Waals surface area (Å²) >= 11 is 0. The van der Waals surface area contributed by atoms with Gasteiger partial charge in [0.15, 0.2) is 0 Å². The van der Waals surface area contributed by atoms with Gasteiger partial charge in [0.05, 0.1) is 6.04 Å². The highest BCUT2D eigenvalue weighted by Gasteiger charge is 2.19. The van der Waals surface area contributed by atoms with Gasteiger partial charge in [-0.25, -0.2) is 0 Å². The monoisotopic (exact) mass is 259 g/mol. The molecule has 2 rings (SSSR count). The highest BCUT2D eigenvalue weighted by atomic mass is 16.2. The van der Waals surface area contributed by atoms with Crippen LogP contribution in [-0.4, -0.2) is 16.9 Å². The standard InChI is InChI=1S/C15H21N3O/c1-4-9(2)14(16)15(19)18-12-5-6-13-11(8-12)7-10(3)17-13/h5-9,14,17H,4,16H2,1-3H3,(H,18,19). The largest absolute Gasteiger partial charge is 0.359 e. The highest BCUT2D eigenvalue weighted by Crippen LogP contribution is 2.20. The summed E-state index contributed by atoms with van der Waals surface area (Å²) in [5.41, 5.74) is 8.88. The van der Waals surface area contributed by atoms with Crippen LogP contribution in [-0.2, 0) is 4.79 Å². The van der Waals surface area contributed by atoms with Crippen LogP contribution in [0, 0.1) is 12.8 Å². The maximum atomic E-state index is 12.0. The number of anilines is 1. The number of aromatic nitrogens is 1. The highest BCUT2D eigenvalue weighted by molar-refractivity contribution is 5.97. The minimum Gasteiger partial charge on any atom is -0.359 e. The Bertz CT molecular complexity index is 588. The predicted octanol–water partition coefficient (Wildman–Crippen LogP) is 2.79.